The highest BCUT2D eigenvalue weighted by Gasteiger charge is 2.40. The summed E-state index contributed by atoms with van der Waals surface area (Å²) in [6.07, 6.45) is 4.91. The minimum atomic E-state index is -0.965. The van der Waals surface area contributed by atoms with Crippen molar-refractivity contribution in [2.24, 2.45) is 5.92 Å². The van der Waals surface area contributed by atoms with Crippen LogP contribution in [-0.2, 0) is 0 Å². The summed E-state index contributed by atoms with van der Waals surface area (Å²) in [5, 5.41) is 13.4. The van der Waals surface area contributed by atoms with Gasteiger partial charge in [0.15, 0.2) is 0 Å². The second kappa shape index (κ2) is 5.64. The summed E-state index contributed by atoms with van der Waals surface area (Å²) in [5.41, 5.74) is 2.47. The van der Waals surface area contributed by atoms with Crippen molar-refractivity contribution in [3.63, 3.8) is 0 Å². The zero-order chi connectivity index (χ0) is 16.8. The summed E-state index contributed by atoms with van der Waals surface area (Å²) in [5.74, 6) is -1.16. The van der Waals surface area contributed by atoms with Gasteiger partial charge in [-0.3, -0.25) is 0 Å². The van der Waals surface area contributed by atoms with E-state index >= 15 is 0 Å². The molecule has 0 spiro atoms. The van der Waals surface area contributed by atoms with Gasteiger partial charge in [-0.15, -0.1) is 0 Å². The molecular formula is C19H15ClFNO2. The lowest BCUT2D eigenvalue weighted by molar-refractivity contribution is 0.0695. The van der Waals surface area contributed by atoms with Crippen LogP contribution in [-0.4, -0.2) is 11.1 Å². The van der Waals surface area contributed by atoms with Crippen LogP contribution in [0.2, 0.25) is 5.02 Å². The highest BCUT2D eigenvalue weighted by molar-refractivity contribution is 6.33. The van der Waals surface area contributed by atoms with Gasteiger partial charge >= 0.3 is 5.97 Å². The number of halogens is 2. The topological polar surface area (TPSA) is 49.3 Å². The van der Waals surface area contributed by atoms with Gasteiger partial charge in [-0.1, -0.05) is 35.9 Å². The van der Waals surface area contributed by atoms with Crippen molar-refractivity contribution in [1.82, 2.24) is 0 Å². The molecule has 3 atom stereocenters. The van der Waals surface area contributed by atoms with Crippen LogP contribution in [0.4, 0.5) is 10.1 Å². The van der Waals surface area contributed by atoms with Crippen molar-refractivity contribution in [1.29, 1.82) is 0 Å². The van der Waals surface area contributed by atoms with Gasteiger partial charge in [0.05, 0.1) is 22.3 Å². The molecule has 0 aromatic heterocycles. The monoisotopic (exact) mass is 343 g/mol. The fraction of sp³-hybridized carbons (Fsp3) is 0.211. The number of allylic oxidation sites excluding steroid dienone is 2. The van der Waals surface area contributed by atoms with Crippen molar-refractivity contribution >= 4 is 23.3 Å². The van der Waals surface area contributed by atoms with Gasteiger partial charge in [0.2, 0.25) is 0 Å². The molecule has 5 heteroatoms. The molecule has 1 heterocycles. The van der Waals surface area contributed by atoms with Crippen LogP contribution in [0.1, 0.15) is 39.9 Å². The molecule has 0 fully saturated rings. The molecule has 0 saturated heterocycles. The molecule has 2 aromatic carbocycles. The number of carboxylic acid groups (broad SMARTS) is 1. The fourth-order valence-electron chi connectivity index (χ4n) is 3.89. The molecule has 24 heavy (non-hydrogen) atoms. The van der Waals surface area contributed by atoms with Crippen LogP contribution >= 0.6 is 11.6 Å². The lowest BCUT2D eigenvalue weighted by atomic mass is 9.75. The Balaban J connectivity index is 1.88. The summed E-state index contributed by atoms with van der Waals surface area (Å²) >= 11 is 6.34. The molecule has 0 radical (unpaired) electrons. The molecule has 0 saturated carbocycles. The number of hydrogen-bond acceptors (Lipinski definition) is 2. The number of carbonyl (C=O) groups is 1. The number of fused-ring (bicyclic) bond motifs is 3. The average molecular weight is 344 g/mol. The Morgan fingerprint density at radius 1 is 1.29 bits per heavy atom. The summed E-state index contributed by atoms with van der Waals surface area (Å²) in [6.45, 7) is 0. The van der Waals surface area contributed by atoms with Gasteiger partial charge < -0.3 is 10.4 Å². The van der Waals surface area contributed by atoms with E-state index in [2.05, 4.69) is 11.4 Å². The van der Waals surface area contributed by atoms with E-state index in [4.69, 9.17) is 11.6 Å². The molecule has 0 amide bonds. The van der Waals surface area contributed by atoms with Gasteiger partial charge in [0.25, 0.3) is 0 Å². The quantitative estimate of drug-likeness (QED) is 0.754. The summed E-state index contributed by atoms with van der Waals surface area (Å²) < 4.78 is 13.7. The summed E-state index contributed by atoms with van der Waals surface area (Å²) in [6, 6.07) is 9.54. The molecular weight excluding hydrogens is 329 g/mol. The summed E-state index contributed by atoms with van der Waals surface area (Å²) in [4.78, 5) is 11.6. The maximum absolute atomic E-state index is 13.7. The molecule has 1 aliphatic heterocycles. The highest BCUT2D eigenvalue weighted by atomic mass is 35.5. The SMILES string of the molecule is O=C(O)c1ccc(Cl)c2c1[C@@H]1C=CC[C@H]1[C@H](c1cccc(F)c1)N2. The minimum absolute atomic E-state index is 0.0423. The number of rotatable bonds is 2. The molecule has 2 aliphatic rings. The molecule has 1 aliphatic carbocycles. The van der Waals surface area contributed by atoms with E-state index in [0.29, 0.717) is 10.7 Å². The second-order valence-corrected chi connectivity index (χ2v) is 6.63. The molecule has 3 nitrogen and oxygen atoms in total. The number of carboxylic acids is 1. The highest BCUT2D eigenvalue weighted by Crippen LogP contribution is 2.52. The third-order valence-corrected chi connectivity index (χ3v) is 5.22. The first-order valence-electron chi connectivity index (χ1n) is 7.80. The van der Waals surface area contributed by atoms with Crippen LogP contribution in [0.15, 0.2) is 48.6 Å². The Kier molecular flexibility index (Phi) is 3.57. The predicted octanol–water partition coefficient (Wildman–Crippen LogP) is 5.00. The molecule has 2 aromatic rings. The van der Waals surface area contributed by atoms with E-state index in [1.807, 2.05) is 12.1 Å². The number of aromatic carboxylic acids is 1. The van der Waals surface area contributed by atoms with E-state index in [-0.39, 0.29) is 29.3 Å². The lowest BCUT2D eigenvalue weighted by Gasteiger charge is -2.38. The third kappa shape index (κ3) is 2.29. The van der Waals surface area contributed by atoms with Gasteiger partial charge in [0.1, 0.15) is 5.82 Å². The van der Waals surface area contributed by atoms with Crippen molar-refractivity contribution in [3.05, 3.63) is 76.1 Å². The van der Waals surface area contributed by atoms with E-state index in [0.717, 1.165) is 17.5 Å². The average Bonchev–Trinajstić information content (AvgIpc) is 3.04. The molecule has 0 bridgehead atoms. The molecule has 122 valence electrons. The minimum Gasteiger partial charge on any atom is -0.478 e. The Bertz CT molecular complexity index is 864. The normalized spacial score (nSPS) is 24.2. The van der Waals surface area contributed by atoms with Crippen LogP contribution in [0.25, 0.3) is 0 Å². The van der Waals surface area contributed by atoms with E-state index in [1.54, 1.807) is 18.2 Å². The first kappa shape index (κ1) is 15.2. The van der Waals surface area contributed by atoms with Crippen molar-refractivity contribution in [2.75, 3.05) is 5.32 Å². The Labute approximate surface area is 143 Å². The van der Waals surface area contributed by atoms with Crippen molar-refractivity contribution in [3.8, 4) is 0 Å². The number of hydrogen-bond donors (Lipinski definition) is 2. The van der Waals surface area contributed by atoms with Gasteiger partial charge in [0, 0.05) is 5.92 Å². The maximum Gasteiger partial charge on any atom is 0.336 e. The standard InChI is InChI=1S/C19H15ClFNO2/c20-15-8-7-14(19(23)24)16-12-5-2-6-13(12)17(22-18(15)16)10-3-1-4-11(21)9-10/h1-5,7-9,12-13,17,22H,6H2,(H,23,24)/t12-,13-,17+/m1/s1. The zero-order valence-electron chi connectivity index (χ0n) is 12.7. The van der Waals surface area contributed by atoms with Crippen molar-refractivity contribution in [2.45, 2.75) is 18.4 Å². The largest absolute Gasteiger partial charge is 0.478 e. The van der Waals surface area contributed by atoms with Crippen LogP contribution < -0.4 is 5.32 Å². The number of anilines is 1. The maximum atomic E-state index is 13.7. The zero-order valence-corrected chi connectivity index (χ0v) is 13.4. The molecule has 4 rings (SSSR count). The Morgan fingerprint density at radius 2 is 2.12 bits per heavy atom. The molecule has 0 unspecified atom stereocenters. The first-order chi connectivity index (χ1) is 11.6. The molecule has 2 N–H and O–H groups in total. The number of nitrogens with one attached hydrogen (secondary N) is 1. The smallest absolute Gasteiger partial charge is 0.336 e. The summed E-state index contributed by atoms with van der Waals surface area (Å²) in [7, 11) is 0. The predicted molar refractivity (Wildman–Crippen MR) is 91.2 cm³/mol. The number of benzene rings is 2. The Morgan fingerprint density at radius 3 is 2.88 bits per heavy atom. The van der Waals surface area contributed by atoms with E-state index in [1.165, 1.54) is 12.1 Å². The van der Waals surface area contributed by atoms with Gasteiger partial charge in [-0.2, -0.15) is 0 Å². The van der Waals surface area contributed by atoms with Crippen LogP contribution in [0.5, 0.6) is 0 Å². The lowest BCUT2D eigenvalue weighted by Crippen LogP contribution is -2.30. The van der Waals surface area contributed by atoms with Crippen LogP contribution in [0, 0.1) is 11.7 Å². The fourth-order valence-corrected chi connectivity index (χ4v) is 4.11. The third-order valence-electron chi connectivity index (χ3n) is 4.91. The first-order valence-corrected chi connectivity index (χ1v) is 8.18. The van der Waals surface area contributed by atoms with Crippen molar-refractivity contribution < 1.29 is 14.3 Å². The van der Waals surface area contributed by atoms with Gasteiger partial charge in [-0.25, -0.2) is 9.18 Å². The van der Waals surface area contributed by atoms with E-state index < -0.39 is 5.97 Å². The van der Waals surface area contributed by atoms with E-state index in [9.17, 15) is 14.3 Å². The Hall–Kier alpha value is -2.33. The second-order valence-electron chi connectivity index (χ2n) is 6.22. The van der Waals surface area contributed by atoms with Crippen LogP contribution in [0.3, 0.4) is 0 Å². The van der Waals surface area contributed by atoms with Gasteiger partial charge in [-0.05, 0) is 47.7 Å².